The number of thiazole rings is 1. The second kappa shape index (κ2) is 3.88. The molecule has 18 heavy (non-hydrogen) atoms. The molecule has 1 aliphatic heterocycles. The molecular formula is C11H8N2O4S. The number of fused-ring (bicyclic) bond motifs is 1. The molecule has 7 heteroatoms. The second-order valence-corrected chi connectivity index (χ2v) is 4.64. The van der Waals surface area contributed by atoms with Crippen LogP contribution in [0, 0.1) is 0 Å². The summed E-state index contributed by atoms with van der Waals surface area (Å²) in [5, 5.41) is 9.63. The highest BCUT2D eigenvalue weighted by molar-refractivity contribution is 7.19. The zero-order valence-electron chi connectivity index (χ0n) is 9.04. The van der Waals surface area contributed by atoms with Gasteiger partial charge in [-0.3, -0.25) is 0 Å². The van der Waals surface area contributed by atoms with Gasteiger partial charge in [0.05, 0.1) is 0 Å². The summed E-state index contributed by atoms with van der Waals surface area (Å²) in [6.07, 6.45) is 0. The van der Waals surface area contributed by atoms with E-state index in [0.717, 1.165) is 16.9 Å². The van der Waals surface area contributed by atoms with Crippen LogP contribution in [0.1, 0.15) is 10.5 Å². The molecule has 0 saturated carbocycles. The van der Waals surface area contributed by atoms with E-state index in [1.165, 1.54) is 0 Å². The molecule has 0 amide bonds. The Balaban J connectivity index is 2.05. The number of aromatic carboxylic acids is 1. The fourth-order valence-electron chi connectivity index (χ4n) is 1.64. The molecule has 0 saturated heterocycles. The van der Waals surface area contributed by atoms with Crippen molar-refractivity contribution in [2.75, 3.05) is 12.5 Å². The lowest BCUT2D eigenvalue weighted by molar-refractivity contribution is 0.0692. The zero-order valence-corrected chi connectivity index (χ0v) is 9.86. The van der Waals surface area contributed by atoms with Gasteiger partial charge >= 0.3 is 5.97 Å². The molecule has 1 aromatic heterocycles. The molecule has 0 bridgehead atoms. The van der Waals surface area contributed by atoms with Crippen LogP contribution in [0.3, 0.4) is 0 Å². The lowest BCUT2D eigenvalue weighted by Gasteiger charge is -1.98. The summed E-state index contributed by atoms with van der Waals surface area (Å²) in [5.74, 6) is 0.163. The number of nitrogens with zero attached hydrogens (tertiary/aromatic N) is 1. The first-order valence-corrected chi connectivity index (χ1v) is 5.86. The first-order chi connectivity index (χ1) is 8.65. The molecule has 3 N–H and O–H groups in total. The number of ether oxygens (including phenoxy) is 2. The minimum atomic E-state index is -1.13. The van der Waals surface area contributed by atoms with E-state index in [2.05, 4.69) is 4.98 Å². The van der Waals surface area contributed by atoms with Gasteiger partial charge in [0, 0.05) is 5.56 Å². The number of benzene rings is 1. The standard InChI is InChI=1S/C11H8N2O4S/c12-9-8(11(14)15)13-10(18-9)5-1-2-6-7(3-5)17-4-16-6/h1-3H,4,12H2,(H,14,15). The van der Waals surface area contributed by atoms with E-state index in [1.54, 1.807) is 18.2 Å². The molecular weight excluding hydrogens is 256 g/mol. The molecule has 6 nitrogen and oxygen atoms in total. The van der Waals surface area contributed by atoms with Gasteiger partial charge in [-0.05, 0) is 18.2 Å². The van der Waals surface area contributed by atoms with Crippen molar-refractivity contribution in [1.82, 2.24) is 4.98 Å². The lowest BCUT2D eigenvalue weighted by Crippen LogP contribution is -2.00. The number of anilines is 1. The molecule has 2 heterocycles. The summed E-state index contributed by atoms with van der Waals surface area (Å²) in [7, 11) is 0. The summed E-state index contributed by atoms with van der Waals surface area (Å²) < 4.78 is 10.5. The minimum absolute atomic E-state index is 0.118. The van der Waals surface area contributed by atoms with Crippen molar-refractivity contribution in [3.63, 3.8) is 0 Å². The maximum absolute atomic E-state index is 10.9. The van der Waals surface area contributed by atoms with Gasteiger partial charge in [0.15, 0.2) is 17.2 Å². The average molecular weight is 264 g/mol. The first-order valence-electron chi connectivity index (χ1n) is 5.05. The van der Waals surface area contributed by atoms with Gasteiger partial charge in [0.1, 0.15) is 10.0 Å². The van der Waals surface area contributed by atoms with Crippen molar-refractivity contribution >= 4 is 22.3 Å². The Hall–Kier alpha value is -2.28. The van der Waals surface area contributed by atoms with Gasteiger partial charge in [-0.25, -0.2) is 9.78 Å². The van der Waals surface area contributed by atoms with Crippen LogP contribution in [0.5, 0.6) is 11.5 Å². The fourth-order valence-corrected chi connectivity index (χ4v) is 2.46. The number of nitrogen functional groups attached to an aromatic ring is 1. The Labute approximate surface area is 106 Å². The Morgan fingerprint density at radius 2 is 2.17 bits per heavy atom. The Morgan fingerprint density at radius 1 is 1.39 bits per heavy atom. The molecule has 1 aliphatic rings. The van der Waals surface area contributed by atoms with Crippen LogP contribution in [-0.2, 0) is 0 Å². The molecule has 0 spiro atoms. The summed E-state index contributed by atoms with van der Waals surface area (Å²) >= 11 is 1.13. The first kappa shape index (κ1) is 10.8. The van der Waals surface area contributed by atoms with Crippen LogP contribution in [0.2, 0.25) is 0 Å². The summed E-state index contributed by atoms with van der Waals surface area (Å²) in [6, 6.07) is 5.30. The van der Waals surface area contributed by atoms with Crippen LogP contribution >= 0.6 is 11.3 Å². The molecule has 0 unspecified atom stereocenters. The number of aromatic nitrogens is 1. The van der Waals surface area contributed by atoms with Gasteiger partial charge in [-0.1, -0.05) is 11.3 Å². The quantitative estimate of drug-likeness (QED) is 0.859. The van der Waals surface area contributed by atoms with Crippen LogP contribution in [-0.4, -0.2) is 22.9 Å². The van der Waals surface area contributed by atoms with Crippen LogP contribution in [0.25, 0.3) is 10.6 Å². The molecule has 92 valence electrons. The van der Waals surface area contributed by atoms with E-state index in [9.17, 15) is 4.79 Å². The SMILES string of the molecule is Nc1sc(-c2ccc3c(c2)OCO3)nc1C(=O)O. The summed E-state index contributed by atoms with van der Waals surface area (Å²) in [4.78, 5) is 14.9. The highest BCUT2D eigenvalue weighted by atomic mass is 32.1. The van der Waals surface area contributed by atoms with Gasteiger partial charge in [0.25, 0.3) is 0 Å². The molecule has 0 atom stereocenters. The van der Waals surface area contributed by atoms with Crippen molar-refractivity contribution in [3.05, 3.63) is 23.9 Å². The molecule has 1 aromatic carbocycles. The van der Waals surface area contributed by atoms with Gasteiger partial charge in [-0.2, -0.15) is 0 Å². The minimum Gasteiger partial charge on any atom is -0.476 e. The van der Waals surface area contributed by atoms with E-state index in [4.69, 9.17) is 20.3 Å². The predicted molar refractivity (Wildman–Crippen MR) is 65.0 cm³/mol. The molecule has 0 fully saturated rings. The van der Waals surface area contributed by atoms with Crippen molar-refractivity contribution in [3.8, 4) is 22.1 Å². The Bertz CT molecular complexity index is 638. The third-order valence-corrected chi connectivity index (χ3v) is 3.41. The second-order valence-electron chi connectivity index (χ2n) is 3.61. The monoisotopic (exact) mass is 264 g/mol. The van der Waals surface area contributed by atoms with Crippen molar-refractivity contribution in [2.24, 2.45) is 0 Å². The lowest BCUT2D eigenvalue weighted by atomic mass is 10.2. The van der Waals surface area contributed by atoms with E-state index in [1.807, 2.05) is 0 Å². The summed E-state index contributed by atoms with van der Waals surface area (Å²) in [5.41, 5.74) is 6.25. The van der Waals surface area contributed by atoms with Gasteiger partial charge < -0.3 is 20.3 Å². The number of carbonyl (C=O) groups is 1. The zero-order chi connectivity index (χ0) is 12.7. The molecule has 0 radical (unpaired) electrons. The normalized spacial score (nSPS) is 12.7. The number of hydrogen-bond acceptors (Lipinski definition) is 6. The fraction of sp³-hybridized carbons (Fsp3) is 0.0909. The maximum Gasteiger partial charge on any atom is 0.357 e. The molecule has 0 aliphatic carbocycles. The van der Waals surface area contributed by atoms with Crippen molar-refractivity contribution in [2.45, 2.75) is 0 Å². The topological polar surface area (TPSA) is 94.7 Å². The maximum atomic E-state index is 10.9. The molecule has 3 rings (SSSR count). The molecule has 2 aromatic rings. The van der Waals surface area contributed by atoms with Crippen LogP contribution < -0.4 is 15.2 Å². The largest absolute Gasteiger partial charge is 0.476 e. The van der Waals surface area contributed by atoms with Crippen molar-refractivity contribution < 1.29 is 19.4 Å². The van der Waals surface area contributed by atoms with Gasteiger partial charge in [0.2, 0.25) is 6.79 Å². The van der Waals surface area contributed by atoms with Crippen LogP contribution in [0.15, 0.2) is 18.2 Å². The average Bonchev–Trinajstić information content (AvgIpc) is 2.93. The smallest absolute Gasteiger partial charge is 0.357 e. The highest BCUT2D eigenvalue weighted by Gasteiger charge is 2.19. The highest BCUT2D eigenvalue weighted by Crippen LogP contribution is 2.38. The summed E-state index contributed by atoms with van der Waals surface area (Å²) in [6.45, 7) is 0.194. The van der Waals surface area contributed by atoms with E-state index in [-0.39, 0.29) is 17.5 Å². The predicted octanol–water partition coefficient (Wildman–Crippen LogP) is 1.82. The van der Waals surface area contributed by atoms with Crippen LogP contribution in [0.4, 0.5) is 5.00 Å². The van der Waals surface area contributed by atoms with E-state index >= 15 is 0 Å². The number of hydrogen-bond donors (Lipinski definition) is 2. The number of rotatable bonds is 2. The third kappa shape index (κ3) is 1.65. The van der Waals surface area contributed by atoms with E-state index < -0.39 is 5.97 Å². The third-order valence-electron chi connectivity index (χ3n) is 2.48. The van der Waals surface area contributed by atoms with E-state index in [0.29, 0.717) is 16.5 Å². The number of carboxylic acids is 1. The number of carboxylic acid groups (broad SMARTS) is 1. The van der Waals surface area contributed by atoms with Crippen molar-refractivity contribution in [1.29, 1.82) is 0 Å². The van der Waals surface area contributed by atoms with Gasteiger partial charge in [-0.15, -0.1) is 0 Å². The number of nitrogens with two attached hydrogens (primary N) is 1. The Morgan fingerprint density at radius 3 is 2.89 bits per heavy atom. The Kier molecular flexibility index (Phi) is 2.34.